The van der Waals surface area contributed by atoms with Crippen molar-refractivity contribution in [2.45, 2.75) is 63.1 Å². The second kappa shape index (κ2) is 6.77. The van der Waals surface area contributed by atoms with Gasteiger partial charge in [-0.1, -0.05) is 51.2 Å². The Bertz CT molecular complexity index is 687. The van der Waals surface area contributed by atoms with E-state index in [4.69, 9.17) is 8.61 Å². The first kappa shape index (κ1) is 20.6. The summed E-state index contributed by atoms with van der Waals surface area (Å²) in [6.45, 7) is 10.7. The fraction of sp³-hybridized carbons (Fsp3) is 0.667. The van der Waals surface area contributed by atoms with E-state index in [2.05, 4.69) is 33.9 Å². The normalized spacial score (nSPS) is 33.2. The molecule has 0 unspecified atom stereocenters. The van der Waals surface area contributed by atoms with Gasteiger partial charge in [0.05, 0.1) is 12.4 Å². The van der Waals surface area contributed by atoms with Gasteiger partial charge in [0, 0.05) is 5.92 Å². The molecule has 0 aliphatic heterocycles. The average molecular weight is 387 g/mol. The third-order valence-electron chi connectivity index (χ3n) is 5.36. The Morgan fingerprint density at radius 3 is 2.40 bits per heavy atom. The molecule has 0 spiro atoms. The lowest BCUT2D eigenvalue weighted by atomic mass is 9.84. The van der Waals surface area contributed by atoms with E-state index < -0.39 is 36.2 Å². The molecule has 0 aromatic rings. The molecule has 0 aromatic carbocycles. The Morgan fingerprint density at radius 1 is 1.20 bits per heavy atom. The summed E-state index contributed by atoms with van der Waals surface area (Å²) in [6, 6.07) is 0. The number of rotatable bonds is 4. The fourth-order valence-corrected chi connectivity index (χ4v) is 4.85. The highest BCUT2D eigenvalue weighted by molar-refractivity contribution is 7.86. The van der Waals surface area contributed by atoms with E-state index in [9.17, 15) is 13.5 Å². The Labute approximate surface area is 152 Å². The second-order valence-electron chi connectivity index (χ2n) is 8.48. The molecule has 7 heteroatoms. The maximum Gasteiger partial charge on any atom is 0.265 e. The molecule has 0 saturated heterocycles. The third-order valence-corrected chi connectivity index (χ3v) is 10.4. The molecule has 0 saturated carbocycles. The summed E-state index contributed by atoms with van der Waals surface area (Å²) < 4.78 is 35.2. The minimum atomic E-state index is -3.73. The lowest BCUT2D eigenvalue weighted by Crippen LogP contribution is -2.58. The number of hydrogen-bond acceptors (Lipinski definition) is 5. The lowest BCUT2D eigenvalue weighted by molar-refractivity contribution is -0.0927. The minimum Gasteiger partial charge on any atom is -0.410 e. The highest BCUT2D eigenvalue weighted by atomic mass is 32.2. The summed E-state index contributed by atoms with van der Waals surface area (Å²) in [5.41, 5.74) is -1.56. The van der Waals surface area contributed by atoms with Crippen LogP contribution in [0.1, 0.15) is 27.2 Å². The third kappa shape index (κ3) is 4.52. The molecule has 2 aliphatic rings. The van der Waals surface area contributed by atoms with Gasteiger partial charge in [-0.25, -0.2) is 0 Å². The minimum absolute atomic E-state index is 0.0349. The van der Waals surface area contributed by atoms with Gasteiger partial charge < -0.3 is 9.53 Å². The molecule has 2 rings (SSSR count). The highest BCUT2D eigenvalue weighted by Gasteiger charge is 2.52. The molecular weight excluding hydrogens is 356 g/mol. The van der Waals surface area contributed by atoms with Crippen molar-refractivity contribution in [1.82, 2.24) is 0 Å². The lowest BCUT2D eigenvalue weighted by Gasteiger charge is -2.46. The summed E-state index contributed by atoms with van der Waals surface area (Å²) in [4.78, 5) is 0. The van der Waals surface area contributed by atoms with E-state index in [1.807, 2.05) is 18.2 Å². The number of allylic oxidation sites excluding steroid dienone is 3. The van der Waals surface area contributed by atoms with Crippen molar-refractivity contribution in [3.63, 3.8) is 0 Å². The Hall–Kier alpha value is -0.733. The van der Waals surface area contributed by atoms with Crippen LogP contribution in [0.4, 0.5) is 0 Å². The van der Waals surface area contributed by atoms with E-state index in [0.29, 0.717) is 6.42 Å². The van der Waals surface area contributed by atoms with Crippen molar-refractivity contribution in [2.75, 3.05) is 6.26 Å². The first-order chi connectivity index (χ1) is 11.3. The van der Waals surface area contributed by atoms with Gasteiger partial charge in [-0.15, -0.1) is 0 Å². The van der Waals surface area contributed by atoms with Gasteiger partial charge in [0.2, 0.25) is 0 Å². The summed E-state index contributed by atoms with van der Waals surface area (Å²) in [5, 5.41) is 11.5. The van der Waals surface area contributed by atoms with Gasteiger partial charge in [0.1, 0.15) is 11.7 Å². The SMILES string of the molecule is CC(C)(C)[Si](C)(C)O[C@@H]1[C@@H]2C=CC=C[C@@]1(O)[C@H](OS(C)(=O)=O)C=CC2. The Balaban J connectivity index is 2.48. The van der Waals surface area contributed by atoms with Crippen molar-refractivity contribution in [3.05, 3.63) is 36.5 Å². The summed E-state index contributed by atoms with van der Waals surface area (Å²) in [7, 11) is -5.93. The zero-order chi connectivity index (χ0) is 19.1. The first-order valence-corrected chi connectivity index (χ1v) is 13.3. The van der Waals surface area contributed by atoms with E-state index in [1.165, 1.54) is 0 Å². The monoisotopic (exact) mass is 386 g/mol. The van der Waals surface area contributed by atoms with Gasteiger partial charge in [-0.05, 0) is 30.6 Å². The van der Waals surface area contributed by atoms with Gasteiger partial charge in [0.15, 0.2) is 8.32 Å². The van der Waals surface area contributed by atoms with Gasteiger partial charge >= 0.3 is 0 Å². The Morgan fingerprint density at radius 2 is 1.84 bits per heavy atom. The molecule has 1 N–H and O–H groups in total. The van der Waals surface area contributed by atoms with Crippen molar-refractivity contribution in [3.8, 4) is 0 Å². The molecule has 0 amide bonds. The highest BCUT2D eigenvalue weighted by Crippen LogP contribution is 2.43. The average Bonchev–Trinajstić information content (AvgIpc) is 2.64. The van der Waals surface area contributed by atoms with Crippen LogP contribution in [0.15, 0.2) is 36.5 Å². The van der Waals surface area contributed by atoms with Crippen LogP contribution < -0.4 is 0 Å². The van der Waals surface area contributed by atoms with E-state index in [1.54, 1.807) is 18.2 Å². The fourth-order valence-electron chi connectivity index (χ4n) is 2.90. The van der Waals surface area contributed by atoms with Crippen LogP contribution in [0.5, 0.6) is 0 Å². The van der Waals surface area contributed by atoms with Gasteiger partial charge in [-0.2, -0.15) is 8.42 Å². The molecule has 2 aliphatic carbocycles. The second-order valence-corrected chi connectivity index (χ2v) is 14.8. The maximum absolute atomic E-state index is 11.7. The van der Waals surface area contributed by atoms with Crippen molar-refractivity contribution >= 4 is 18.4 Å². The van der Waals surface area contributed by atoms with Crippen LogP contribution in [0.25, 0.3) is 0 Å². The Kier molecular flexibility index (Phi) is 5.58. The molecule has 25 heavy (non-hydrogen) atoms. The maximum atomic E-state index is 11.7. The number of fused-ring (bicyclic) bond motifs is 2. The van der Waals surface area contributed by atoms with E-state index >= 15 is 0 Å². The van der Waals surface area contributed by atoms with Crippen LogP contribution in [0.3, 0.4) is 0 Å². The van der Waals surface area contributed by atoms with Crippen LogP contribution >= 0.6 is 0 Å². The summed E-state index contributed by atoms with van der Waals surface area (Å²) in [6.07, 6.45) is 10.8. The quantitative estimate of drug-likeness (QED) is 0.456. The molecule has 5 nitrogen and oxygen atoms in total. The molecule has 2 bridgehead atoms. The zero-order valence-corrected chi connectivity index (χ0v) is 17.7. The van der Waals surface area contributed by atoms with Crippen LogP contribution in [0.2, 0.25) is 18.1 Å². The van der Waals surface area contributed by atoms with Crippen molar-refractivity contribution in [2.24, 2.45) is 5.92 Å². The van der Waals surface area contributed by atoms with Crippen LogP contribution in [0, 0.1) is 5.92 Å². The largest absolute Gasteiger partial charge is 0.410 e. The molecule has 142 valence electrons. The molecule has 0 fully saturated rings. The molecule has 0 heterocycles. The van der Waals surface area contributed by atoms with Crippen molar-refractivity contribution < 1.29 is 22.1 Å². The summed E-state index contributed by atoms with van der Waals surface area (Å²) >= 11 is 0. The van der Waals surface area contributed by atoms with Crippen LogP contribution in [-0.4, -0.2) is 45.9 Å². The van der Waals surface area contributed by atoms with E-state index in [0.717, 1.165) is 6.26 Å². The zero-order valence-electron chi connectivity index (χ0n) is 15.9. The molecular formula is C18H30O5SSi. The first-order valence-electron chi connectivity index (χ1n) is 8.57. The number of hydrogen-bond donors (Lipinski definition) is 1. The standard InChI is InChI=1S/C18H30O5SSi/c1-17(2,3)25(5,6)23-16-14-10-7-8-13-18(16,19)15(12-9-11-14)22-24(4,20)21/h7-10,12-16,19H,11H2,1-6H3/t14-,15-,16-,18-/m1/s1. The van der Waals surface area contributed by atoms with E-state index in [-0.39, 0.29) is 11.0 Å². The predicted molar refractivity (Wildman–Crippen MR) is 102 cm³/mol. The topological polar surface area (TPSA) is 72.8 Å². The molecule has 0 aromatic heterocycles. The predicted octanol–water partition coefficient (Wildman–Crippen LogP) is 3.15. The smallest absolute Gasteiger partial charge is 0.265 e. The summed E-state index contributed by atoms with van der Waals surface area (Å²) in [5.74, 6) is -0.0569. The van der Waals surface area contributed by atoms with Gasteiger partial charge in [0.25, 0.3) is 10.1 Å². The molecule has 0 radical (unpaired) electrons. The molecule has 4 atom stereocenters. The van der Waals surface area contributed by atoms with Crippen LogP contribution in [-0.2, 0) is 18.7 Å². The van der Waals surface area contributed by atoms with Crippen molar-refractivity contribution in [1.29, 1.82) is 0 Å². The number of aliphatic hydroxyl groups is 1. The van der Waals surface area contributed by atoms with Gasteiger partial charge in [-0.3, -0.25) is 4.18 Å².